The smallest absolute Gasteiger partial charge is 0.323 e. The number of amides is 3. The van der Waals surface area contributed by atoms with Gasteiger partial charge in [-0.2, -0.15) is 0 Å². The molecule has 0 bridgehead atoms. The van der Waals surface area contributed by atoms with E-state index in [-0.39, 0.29) is 17.9 Å². The molecule has 2 aromatic rings. The average Bonchev–Trinajstić information content (AvgIpc) is 2.79. The Kier molecular flexibility index (Phi) is 6.61. The van der Waals surface area contributed by atoms with E-state index in [4.69, 9.17) is 4.74 Å². The Hall–Kier alpha value is -3.06. The molecule has 0 radical (unpaired) electrons. The van der Waals surface area contributed by atoms with Gasteiger partial charge in [0.15, 0.2) is 0 Å². The largest absolute Gasteiger partial charge is 0.497 e. The Morgan fingerprint density at radius 2 is 1.88 bits per heavy atom. The van der Waals surface area contributed by atoms with Gasteiger partial charge in [-0.05, 0) is 86.6 Å². The molecule has 2 aliphatic heterocycles. The van der Waals surface area contributed by atoms with Crippen molar-refractivity contribution >= 4 is 23.3 Å². The molecule has 3 N–H and O–H groups in total. The zero-order valence-electron chi connectivity index (χ0n) is 20.1. The molecule has 4 unspecified atom stereocenters. The van der Waals surface area contributed by atoms with Gasteiger partial charge in [-0.25, -0.2) is 4.79 Å². The van der Waals surface area contributed by atoms with Crippen molar-refractivity contribution in [2.75, 3.05) is 31.3 Å². The second-order valence-electron chi connectivity index (χ2n) is 9.44. The summed E-state index contributed by atoms with van der Waals surface area (Å²) in [6.45, 7) is 7.06. The first kappa shape index (κ1) is 23.1. The molecular formula is C26H34N4O3. The molecule has 2 saturated heterocycles. The Balaban J connectivity index is 1.50. The van der Waals surface area contributed by atoms with Gasteiger partial charge in [0.25, 0.3) is 0 Å². The molecule has 0 aromatic heterocycles. The lowest BCUT2D eigenvalue weighted by atomic mass is 9.75. The standard InChI is InChI=1S/C26H34N4O3/c1-15-6-7-19(28-26(32)29-23-9-8-20(33-5)10-16(23)2)13-21(15)22-12-18-14-27-17(3)11-24(18)30(4)25(22)31/h6-10,13,17-18,22,24,27H,11-12,14H2,1-5H3,(H2,28,29,32). The summed E-state index contributed by atoms with van der Waals surface area (Å²) in [6, 6.07) is 11.7. The van der Waals surface area contributed by atoms with Gasteiger partial charge in [-0.3, -0.25) is 4.79 Å². The fourth-order valence-corrected chi connectivity index (χ4v) is 5.20. The van der Waals surface area contributed by atoms with Crippen LogP contribution in [0, 0.1) is 19.8 Å². The highest BCUT2D eigenvalue weighted by Gasteiger charge is 2.43. The Morgan fingerprint density at radius 3 is 2.61 bits per heavy atom. The van der Waals surface area contributed by atoms with Crippen molar-refractivity contribution in [2.24, 2.45) is 5.92 Å². The van der Waals surface area contributed by atoms with Crippen LogP contribution in [0.15, 0.2) is 36.4 Å². The number of carbonyl (C=O) groups is 2. The number of carbonyl (C=O) groups excluding carboxylic acids is 2. The van der Waals surface area contributed by atoms with Crippen molar-refractivity contribution in [3.63, 3.8) is 0 Å². The second-order valence-corrected chi connectivity index (χ2v) is 9.44. The van der Waals surface area contributed by atoms with Crippen molar-refractivity contribution < 1.29 is 14.3 Å². The molecule has 4 rings (SSSR count). The number of likely N-dealkylation sites (N-methyl/N-ethyl adjacent to an activating group) is 1. The number of methoxy groups -OCH3 is 1. The molecular weight excluding hydrogens is 416 g/mol. The van der Waals surface area contributed by atoms with Crippen molar-refractivity contribution in [1.82, 2.24) is 10.2 Å². The van der Waals surface area contributed by atoms with Crippen LogP contribution in [0.3, 0.4) is 0 Å². The van der Waals surface area contributed by atoms with Gasteiger partial charge in [-0.1, -0.05) is 6.07 Å². The number of nitrogens with zero attached hydrogens (tertiary/aromatic N) is 1. The lowest BCUT2D eigenvalue weighted by molar-refractivity contribution is -0.140. The minimum atomic E-state index is -0.323. The Bertz CT molecular complexity index is 1050. The van der Waals surface area contributed by atoms with Crippen LogP contribution >= 0.6 is 0 Å². The lowest BCUT2D eigenvalue weighted by Gasteiger charge is -2.47. The number of rotatable bonds is 4. The van der Waals surface area contributed by atoms with Crippen molar-refractivity contribution in [1.29, 1.82) is 0 Å². The van der Waals surface area contributed by atoms with E-state index < -0.39 is 0 Å². The summed E-state index contributed by atoms with van der Waals surface area (Å²) >= 11 is 0. The molecule has 2 aliphatic rings. The summed E-state index contributed by atoms with van der Waals surface area (Å²) in [5.74, 6) is 1.16. The number of aryl methyl sites for hydroxylation is 2. The summed E-state index contributed by atoms with van der Waals surface area (Å²) in [5, 5.41) is 9.38. The van der Waals surface area contributed by atoms with Crippen molar-refractivity contribution in [3.8, 4) is 5.75 Å². The minimum absolute atomic E-state index is 0.170. The molecule has 33 heavy (non-hydrogen) atoms. The third-order valence-corrected chi connectivity index (χ3v) is 7.14. The van der Waals surface area contributed by atoms with E-state index in [1.807, 2.05) is 62.2 Å². The summed E-state index contributed by atoms with van der Waals surface area (Å²) in [4.78, 5) is 27.9. The summed E-state index contributed by atoms with van der Waals surface area (Å²) in [5.41, 5.74) is 4.36. The predicted octanol–water partition coefficient (Wildman–Crippen LogP) is 4.27. The van der Waals surface area contributed by atoms with E-state index in [2.05, 4.69) is 22.9 Å². The molecule has 3 amide bonds. The van der Waals surface area contributed by atoms with Crippen LogP contribution in [0.2, 0.25) is 0 Å². The maximum absolute atomic E-state index is 13.3. The van der Waals surface area contributed by atoms with Crippen LogP contribution in [0.25, 0.3) is 0 Å². The first-order chi connectivity index (χ1) is 15.8. The number of anilines is 2. The number of ether oxygens (including phenoxy) is 1. The number of hydrogen-bond donors (Lipinski definition) is 3. The van der Waals surface area contributed by atoms with E-state index in [1.54, 1.807) is 7.11 Å². The fraction of sp³-hybridized carbons (Fsp3) is 0.462. The SMILES string of the molecule is COc1ccc(NC(=O)Nc2ccc(C)c(C3CC4CNC(C)CC4N(C)C3=O)c2)c(C)c1. The quantitative estimate of drug-likeness (QED) is 0.650. The molecule has 7 nitrogen and oxygen atoms in total. The lowest BCUT2D eigenvalue weighted by Crippen LogP contribution is -2.57. The maximum atomic E-state index is 13.3. The summed E-state index contributed by atoms with van der Waals surface area (Å²) < 4.78 is 5.22. The third kappa shape index (κ3) is 4.83. The van der Waals surface area contributed by atoms with Gasteiger partial charge >= 0.3 is 6.03 Å². The molecule has 176 valence electrons. The molecule has 0 aliphatic carbocycles. The number of likely N-dealkylation sites (tertiary alicyclic amines) is 1. The van der Waals surface area contributed by atoms with Crippen molar-refractivity contribution in [2.45, 2.75) is 51.6 Å². The molecule has 0 saturated carbocycles. The number of urea groups is 1. The number of benzene rings is 2. The van der Waals surface area contributed by atoms with Gasteiger partial charge < -0.3 is 25.6 Å². The molecule has 4 atom stereocenters. The van der Waals surface area contributed by atoms with E-state index in [0.717, 1.165) is 47.5 Å². The highest BCUT2D eigenvalue weighted by Crippen LogP contribution is 2.39. The minimum Gasteiger partial charge on any atom is -0.497 e. The monoisotopic (exact) mass is 450 g/mol. The van der Waals surface area contributed by atoms with Crippen LogP contribution in [-0.2, 0) is 4.79 Å². The maximum Gasteiger partial charge on any atom is 0.323 e. The van der Waals surface area contributed by atoms with E-state index >= 15 is 0 Å². The number of nitrogens with one attached hydrogen (secondary N) is 3. The summed E-state index contributed by atoms with van der Waals surface area (Å²) in [6.07, 6.45) is 1.82. The van der Waals surface area contributed by atoms with Crippen LogP contribution in [-0.4, -0.2) is 49.6 Å². The predicted molar refractivity (Wildman–Crippen MR) is 131 cm³/mol. The highest BCUT2D eigenvalue weighted by molar-refractivity contribution is 6.00. The Morgan fingerprint density at radius 1 is 1.09 bits per heavy atom. The van der Waals surface area contributed by atoms with Gasteiger partial charge in [0.05, 0.1) is 13.0 Å². The topological polar surface area (TPSA) is 82.7 Å². The van der Waals surface area contributed by atoms with Gasteiger partial charge in [0, 0.05) is 37.1 Å². The molecule has 2 fully saturated rings. The van der Waals surface area contributed by atoms with Crippen LogP contribution in [0.1, 0.15) is 42.4 Å². The van der Waals surface area contributed by atoms with Gasteiger partial charge in [0.1, 0.15) is 5.75 Å². The first-order valence-corrected chi connectivity index (χ1v) is 11.6. The second kappa shape index (κ2) is 9.43. The zero-order valence-corrected chi connectivity index (χ0v) is 20.1. The Labute approximate surface area is 195 Å². The van der Waals surface area contributed by atoms with E-state index in [1.165, 1.54) is 0 Å². The summed E-state index contributed by atoms with van der Waals surface area (Å²) in [7, 11) is 3.55. The average molecular weight is 451 g/mol. The highest BCUT2D eigenvalue weighted by atomic mass is 16.5. The molecule has 0 spiro atoms. The van der Waals surface area contributed by atoms with E-state index in [9.17, 15) is 9.59 Å². The van der Waals surface area contributed by atoms with Crippen molar-refractivity contribution in [3.05, 3.63) is 53.1 Å². The third-order valence-electron chi connectivity index (χ3n) is 7.14. The number of piperidine rings is 2. The number of hydrogen-bond acceptors (Lipinski definition) is 4. The first-order valence-electron chi connectivity index (χ1n) is 11.6. The van der Waals surface area contributed by atoms with Crippen LogP contribution in [0.5, 0.6) is 5.75 Å². The normalized spacial score (nSPS) is 24.8. The van der Waals surface area contributed by atoms with E-state index in [0.29, 0.717) is 23.7 Å². The molecule has 7 heteroatoms. The molecule has 2 heterocycles. The van der Waals surface area contributed by atoms with Gasteiger partial charge in [-0.15, -0.1) is 0 Å². The number of fused-ring (bicyclic) bond motifs is 1. The zero-order chi connectivity index (χ0) is 23.7. The van der Waals surface area contributed by atoms with Crippen LogP contribution in [0.4, 0.5) is 16.2 Å². The van der Waals surface area contributed by atoms with Crippen LogP contribution < -0.4 is 20.7 Å². The fourth-order valence-electron chi connectivity index (χ4n) is 5.20. The van der Waals surface area contributed by atoms with Gasteiger partial charge in [0.2, 0.25) is 5.91 Å². The molecule has 2 aromatic carbocycles.